The van der Waals surface area contributed by atoms with E-state index in [-0.39, 0.29) is 12.5 Å². The van der Waals surface area contributed by atoms with Gasteiger partial charge in [-0.3, -0.25) is 9.69 Å². The number of furan rings is 2. The zero-order valence-electron chi connectivity index (χ0n) is 14.6. The molecule has 0 saturated carbocycles. The van der Waals surface area contributed by atoms with Crippen LogP contribution in [0.1, 0.15) is 27.4 Å². The van der Waals surface area contributed by atoms with E-state index in [1.807, 2.05) is 50.2 Å². The molecule has 0 atom stereocenters. The molecule has 0 saturated heterocycles. The van der Waals surface area contributed by atoms with Crippen molar-refractivity contribution in [3.05, 3.63) is 83.6 Å². The summed E-state index contributed by atoms with van der Waals surface area (Å²) >= 11 is 0. The SMILES string of the molecule is Cc1ccc2c(C)c(C(=O)N(Cc3ccco3)c3ccccn3)oc2c1. The first-order valence-corrected chi connectivity index (χ1v) is 8.38. The lowest BCUT2D eigenvalue weighted by Crippen LogP contribution is -2.31. The molecule has 0 aliphatic rings. The summed E-state index contributed by atoms with van der Waals surface area (Å²) in [6.07, 6.45) is 3.25. The van der Waals surface area contributed by atoms with Crippen molar-refractivity contribution in [1.29, 1.82) is 0 Å². The minimum absolute atomic E-state index is 0.244. The highest BCUT2D eigenvalue weighted by Crippen LogP contribution is 2.28. The number of benzene rings is 1. The average Bonchev–Trinajstić information content (AvgIpc) is 3.28. The molecule has 0 bridgehead atoms. The van der Waals surface area contributed by atoms with Gasteiger partial charge in [0.2, 0.25) is 0 Å². The fourth-order valence-corrected chi connectivity index (χ4v) is 2.99. The van der Waals surface area contributed by atoms with Gasteiger partial charge in [-0.2, -0.15) is 0 Å². The van der Waals surface area contributed by atoms with Crippen LogP contribution in [0.2, 0.25) is 0 Å². The van der Waals surface area contributed by atoms with Crippen LogP contribution in [0.4, 0.5) is 5.82 Å². The smallest absolute Gasteiger partial charge is 0.295 e. The van der Waals surface area contributed by atoms with E-state index in [1.165, 1.54) is 0 Å². The molecule has 4 aromatic rings. The lowest BCUT2D eigenvalue weighted by molar-refractivity contribution is 0.0957. The molecule has 1 aromatic carbocycles. The van der Waals surface area contributed by atoms with Crippen LogP contribution < -0.4 is 4.90 Å². The molecule has 0 unspecified atom stereocenters. The summed E-state index contributed by atoms with van der Waals surface area (Å²) in [6, 6.07) is 15.0. The minimum Gasteiger partial charge on any atom is -0.467 e. The number of aromatic nitrogens is 1. The topological polar surface area (TPSA) is 59.5 Å². The number of hydrogen-bond acceptors (Lipinski definition) is 4. The molecule has 3 aromatic heterocycles. The largest absolute Gasteiger partial charge is 0.467 e. The van der Waals surface area contributed by atoms with Crippen molar-refractivity contribution >= 4 is 22.7 Å². The van der Waals surface area contributed by atoms with Gasteiger partial charge in [-0.25, -0.2) is 4.98 Å². The number of carbonyl (C=O) groups excluding carboxylic acids is 1. The zero-order valence-corrected chi connectivity index (χ0v) is 14.6. The first-order chi connectivity index (χ1) is 12.6. The Labute approximate surface area is 150 Å². The Balaban J connectivity index is 1.78. The van der Waals surface area contributed by atoms with Gasteiger partial charge in [-0.05, 0) is 49.7 Å². The van der Waals surface area contributed by atoms with E-state index in [0.717, 1.165) is 16.5 Å². The first kappa shape index (κ1) is 16.1. The third-order valence-corrected chi connectivity index (χ3v) is 4.35. The molecule has 26 heavy (non-hydrogen) atoms. The summed E-state index contributed by atoms with van der Waals surface area (Å²) in [5.41, 5.74) is 2.62. The maximum Gasteiger partial charge on any atom is 0.295 e. The van der Waals surface area contributed by atoms with Crippen molar-refractivity contribution in [2.24, 2.45) is 0 Å². The zero-order chi connectivity index (χ0) is 18.1. The third-order valence-electron chi connectivity index (χ3n) is 4.35. The number of fused-ring (bicyclic) bond motifs is 1. The maximum atomic E-state index is 13.3. The van der Waals surface area contributed by atoms with Crippen LogP contribution in [-0.4, -0.2) is 10.9 Å². The Bertz CT molecular complexity index is 1050. The standard InChI is InChI=1S/C21H18N2O3/c1-14-8-9-17-15(2)20(26-18(17)12-14)21(24)23(13-16-6-5-11-25-16)19-7-3-4-10-22-19/h3-12H,13H2,1-2H3. The quantitative estimate of drug-likeness (QED) is 0.528. The Morgan fingerprint density at radius 3 is 2.73 bits per heavy atom. The molecule has 130 valence electrons. The van der Waals surface area contributed by atoms with Gasteiger partial charge in [0.25, 0.3) is 5.91 Å². The lowest BCUT2D eigenvalue weighted by Gasteiger charge is -2.19. The molecular weight excluding hydrogens is 328 g/mol. The van der Waals surface area contributed by atoms with Gasteiger partial charge >= 0.3 is 0 Å². The van der Waals surface area contributed by atoms with Gasteiger partial charge in [0, 0.05) is 17.1 Å². The van der Waals surface area contributed by atoms with Crippen molar-refractivity contribution in [2.45, 2.75) is 20.4 Å². The molecule has 0 aliphatic heterocycles. The van der Waals surface area contributed by atoms with Crippen LogP contribution in [0.3, 0.4) is 0 Å². The van der Waals surface area contributed by atoms with E-state index in [9.17, 15) is 4.79 Å². The van der Waals surface area contributed by atoms with E-state index < -0.39 is 0 Å². The summed E-state index contributed by atoms with van der Waals surface area (Å²) in [4.78, 5) is 19.2. The van der Waals surface area contributed by atoms with Crippen molar-refractivity contribution in [3.63, 3.8) is 0 Å². The summed E-state index contributed by atoms with van der Waals surface area (Å²) in [5, 5.41) is 0.943. The summed E-state index contributed by atoms with van der Waals surface area (Å²) in [7, 11) is 0. The van der Waals surface area contributed by atoms with Gasteiger partial charge in [-0.1, -0.05) is 18.2 Å². The molecule has 1 amide bonds. The lowest BCUT2D eigenvalue weighted by atomic mass is 10.1. The van der Waals surface area contributed by atoms with Gasteiger partial charge in [-0.15, -0.1) is 0 Å². The van der Waals surface area contributed by atoms with Gasteiger partial charge in [0.1, 0.15) is 17.2 Å². The number of nitrogens with zero attached hydrogens (tertiary/aromatic N) is 2. The highest BCUT2D eigenvalue weighted by atomic mass is 16.3. The average molecular weight is 346 g/mol. The molecule has 0 radical (unpaired) electrons. The predicted molar refractivity (Wildman–Crippen MR) is 99.1 cm³/mol. The van der Waals surface area contributed by atoms with Crippen molar-refractivity contribution in [2.75, 3.05) is 4.90 Å². The number of pyridine rings is 1. The maximum absolute atomic E-state index is 13.3. The van der Waals surface area contributed by atoms with Crippen LogP contribution in [0, 0.1) is 13.8 Å². The van der Waals surface area contributed by atoms with E-state index >= 15 is 0 Å². The highest BCUT2D eigenvalue weighted by molar-refractivity contribution is 6.07. The monoisotopic (exact) mass is 346 g/mol. The van der Waals surface area contributed by atoms with Crippen LogP contribution in [0.25, 0.3) is 11.0 Å². The minimum atomic E-state index is -0.244. The Kier molecular flexibility index (Phi) is 4.05. The first-order valence-electron chi connectivity index (χ1n) is 8.38. The van der Waals surface area contributed by atoms with Gasteiger partial charge in [0.05, 0.1) is 12.8 Å². The van der Waals surface area contributed by atoms with Gasteiger partial charge < -0.3 is 8.83 Å². The molecule has 0 spiro atoms. The number of anilines is 1. The molecular formula is C21H18N2O3. The summed E-state index contributed by atoms with van der Waals surface area (Å²) in [5.74, 6) is 1.30. The van der Waals surface area contributed by atoms with Crippen LogP contribution in [-0.2, 0) is 6.54 Å². The van der Waals surface area contributed by atoms with E-state index in [2.05, 4.69) is 4.98 Å². The second-order valence-corrected chi connectivity index (χ2v) is 6.21. The second-order valence-electron chi connectivity index (χ2n) is 6.21. The molecule has 3 heterocycles. The number of amides is 1. The fraction of sp³-hybridized carbons (Fsp3) is 0.143. The molecule has 0 fully saturated rings. The molecule has 0 N–H and O–H groups in total. The molecule has 4 rings (SSSR count). The van der Waals surface area contributed by atoms with Crippen molar-refractivity contribution in [3.8, 4) is 0 Å². The summed E-state index contributed by atoms with van der Waals surface area (Å²) in [6.45, 7) is 4.17. The molecule has 5 nitrogen and oxygen atoms in total. The predicted octanol–water partition coefficient (Wildman–Crippen LogP) is 4.88. The fourth-order valence-electron chi connectivity index (χ4n) is 2.99. The highest BCUT2D eigenvalue weighted by Gasteiger charge is 2.26. The Morgan fingerprint density at radius 1 is 1.12 bits per heavy atom. The number of hydrogen-bond donors (Lipinski definition) is 0. The van der Waals surface area contributed by atoms with Crippen molar-refractivity contribution in [1.82, 2.24) is 4.98 Å². The Hall–Kier alpha value is -3.34. The summed E-state index contributed by atoms with van der Waals surface area (Å²) < 4.78 is 11.3. The number of carbonyl (C=O) groups is 1. The second kappa shape index (κ2) is 6.52. The third kappa shape index (κ3) is 2.88. The normalized spacial score (nSPS) is 11.0. The van der Waals surface area contributed by atoms with Gasteiger partial charge in [0.15, 0.2) is 5.76 Å². The van der Waals surface area contributed by atoms with Crippen LogP contribution in [0.15, 0.2) is 69.8 Å². The van der Waals surface area contributed by atoms with Crippen LogP contribution >= 0.6 is 0 Å². The number of aryl methyl sites for hydroxylation is 2. The number of rotatable bonds is 4. The Morgan fingerprint density at radius 2 is 2.00 bits per heavy atom. The van der Waals surface area contributed by atoms with E-state index in [4.69, 9.17) is 8.83 Å². The molecule has 5 heteroatoms. The van der Waals surface area contributed by atoms with E-state index in [1.54, 1.807) is 29.5 Å². The van der Waals surface area contributed by atoms with Crippen molar-refractivity contribution < 1.29 is 13.6 Å². The van der Waals surface area contributed by atoms with E-state index in [0.29, 0.717) is 22.9 Å². The van der Waals surface area contributed by atoms with Crippen LogP contribution in [0.5, 0.6) is 0 Å². The molecule has 0 aliphatic carbocycles.